The van der Waals surface area contributed by atoms with Crippen LogP contribution in [0.25, 0.3) is 5.78 Å². The Labute approximate surface area is 120 Å². The number of aryl methyl sites for hydroxylation is 2. The normalized spacial score (nSPS) is 11.3. The molecule has 0 radical (unpaired) electrons. The molecule has 0 aliphatic heterocycles. The SMILES string of the molecule is Cc1cc(C)n2cc(CSc3nnc(N)n3C)nc2n1. The lowest BCUT2D eigenvalue weighted by Gasteiger charge is -1.99. The molecule has 0 aliphatic rings. The molecule has 0 amide bonds. The fourth-order valence-corrected chi connectivity index (χ4v) is 2.78. The van der Waals surface area contributed by atoms with Crippen LogP contribution in [0.4, 0.5) is 5.95 Å². The molecule has 3 aromatic rings. The summed E-state index contributed by atoms with van der Waals surface area (Å²) in [5.74, 6) is 1.85. The monoisotopic (exact) mass is 289 g/mol. The number of nitrogens with zero attached hydrogens (tertiary/aromatic N) is 6. The van der Waals surface area contributed by atoms with Crippen molar-refractivity contribution in [2.75, 3.05) is 5.73 Å². The van der Waals surface area contributed by atoms with E-state index >= 15 is 0 Å². The summed E-state index contributed by atoms with van der Waals surface area (Å²) in [5.41, 5.74) is 8.71. The predicted octanol–water partition coefficient (Wildman–Crippen LogP) is 1.35. The Hall–Kier alpha value is -2.09. The summed E-state index contributed by atoms with van der Waals surface area (Å²) in [6, 6.07) is 2.04. The summed E-state index contributed by atoms with van der Waals surface area (Å²) in [6.45, 7) is 4.02. The summed E-state index contributed by atoms with van der Waals surface area (Å²) in [5, 5.41) is 8.62. The van der Waals surface area contributed by atoms with Gasteiger partial charge in [0.2, 0.25) is 11.7 Å². The molecular weight excluding hydrogens is 274 g/mol. The second kappa shape index (κ2) is 4.78. The van der Waals surface area contributed by atoms with Gasteiger partial charge in [0, 0.05) is 30.4 Å². The van der Waals surface area contributed by atoms with Gasteiger partial charge in [0.1, 0.15) is 0 Å². The van der Waals surface area contributed by atoms with Crippen LogP contribution >= 0.6 is 11.8 Å². The highest BCUT2D eigenvalue weighted by Crippen LogP contribution is 2.21. The molecule has 104 valence electrons. The zero-order chi connectivity index (χ0) is 14.3. The van der Waals surface area contributed by atoms with E-state index in [-0.39, 0.29) is 0 Å². The topological polar surface area (TPSA) is 86.9 Å². The number of rotatable bonds is 3. The highest BCUT2D eigenvalue weighted by molar-refractivity contribution is 7.98. The third-order valence-corrected chi connectivity index (χ3v) is 4.08. The minimum atomic E-state index is 0.413. The van der Waals surface area contributed by atoms with Gasteiger partial charge in [-0.3, -0.25) is 8.97 Å². The molecule has 0 aliphatic carbocycles. The molecule has 0 unspecified atom stereocenters. The number of imidazole rings is 1. The fraction of sp³-hybridized carbons (Fsp3) is 0.333. The fourth-order valence-electron chi connectivity index (χ4n) is 1.98. The Balaban J connectivity index is 1.85. The lowest BCUT2D eigenvalue weighted by Crippen LogP contribution is -1.98. The standard InChI is InChI=1S/C12H15N7S/c1-7-4-8(2)19-5-9(15-11(19)14-7)6-20-12-17-16-10(13)18(12)3/h4-5H,6H2,1-3H3,(H2,13,16). The molecule has 0 bridgehead atoms. The summed E-state index contributed by atoms with van der Waals surface area (Å²) in [6.07, 6.45) is 2.00. The lowest BCUT2D eigenvalue weighted by atomic mass is 10.3. The maximum atomic E-state index is 5.65. The van der Waals surface area contributed by atoms with Crippen LogP contribution in [-0.4, -0.2) is 29.1 Å². The Kier molecular flexibility index (Phi) is 3.09. The number of aromatic nitrogens is 6. The summed E-state index contributed by atoms with van der Waals surface area (Å²) in [4.78, 5) is 8.95. The minimum absolute atomic E-state index is 0.413. The number of nitrogens with two attached hydrogens (primary N) is 1. The van der Waals surface area contributed by atoms with Crippen LogP contribution in [0.15, 0.2) is 17.4 Å². The number of fused-ring (bicyclic) bond motifs is 1. The van der Waals surface area contributed by atoms with Crippen molar-refractivity contribution in [1.82, 2.24) is 29.1 Å². The predicted molar refractivity (Wildman–Crippen MR) is 77.4 cm³/mol. The summed E-state index contributed by atoms with van der Waals surface area (Å²) in [7, 11) is 1.84. The van der Waals surface area contributed by atoms with Crippen molar-refractivity contribution in [3.8, 4) is 0 Å². The second-order valence-electron chi connectivity index (χ2n) is 4.63. The lowest BCUT2D eigenvalue weighted by molar-refractivity contribution is 0.795. The van der Waals surface area contributed by atoms with E-state index in [4.69, 9.17) is 5.73 Å². The molecule has 0 fully saturated rings. The number of hydrogen-bond acceptors (Lipinski definition) is 6. The number of anilines is 1. The number of hydrogen-bond donors (Lipinski definition) is 1. The van der Waals surface area contributed by atoms with Crippen molar-refractivity contribution < 1.29 is 0 Å². The van der Waals surface area contributed by atoms with E-state index in [9.17, 15) is 0 Å². The average Bonchev–Trinajstić information content (AvgIpc) is 2.93. The molecule has 3 heterocycles. The highest BCUT2D eigenvalue weighted by Gasteiger charge is 2.10. The van der Waals surface area contributed by atoms with Gasteiger partial charge in [-0.05, 0) is 19.9 Å². The second-order valence-corrected chi connectivity index (χ2v) is 5.57. The third-order valence-electron chi connectivity index (χ3n) is 3.03. The van der Waals surface area contributed by atoms with Crippen LogP contribution < -0.4 is 5.73 Å². The zero-order valence-corrected chi connectivity index (χ0v) is 12.3. The Bertz CT molecular complexity index is 774. The van der Waals surface area contributed by atoms with Gasteiger partial charge in [0.05, 0.1) is 5.69 Å². The van der Waals surface area contributed by atoms with Gasteiger partial charge >= 0.3 is 0 Å². The average molecular weight is 289 g/mol. The van der Waals surface area contributed by atoms with Crippen molar-refractivity contribution >= 4 is 23.5 Å². The molecule has 0 atom stereocenters. The van der Waals surface area contributed by atoms with Gasteiger partial charge in [-0.2, -0.15) is 0 Å². The first kappa shape index (κ1) is 12.9. The Morgan fingerprint density at radius 1 is 1.25 bits per heavy atom. The van der Waals surface area contributed by atoms with Crippen LogP contribution in [0.1, 0.15) is 17.1 Å². The van der Waals surface area contributed by atoms with E-state index < -0.39 is 0 Å². The summed E-state index contributed by atoms with van der Waals surface area (Å²) >= 11 is 1.55. The molecule has 2 N–H and O–H groups in total. The Morgan fingerprint density at radius 2 is 2.05 bits per heavy atom. The van der Waals surface area contributed by atoms with Crippen molar-refractivity contribution in [2.24, 2.45) is 7.05 Å². The Morgan fingerprint density at radius 3 is 2.75 bits per heavy atom. The first-order chi connectivity index (χ1) is 9.54. The minimum Gasteiger partial charge on any atom is -0.368 e. The first-order valence-corrected chi connectivity index (χ1v) is 7.13. The van der Waals surface area contributed by atoms with Crippen molar-refractivity contribution in [1.29, 1.82) is 0 Å². The van der Waals surface area contributed by atoms with Crippen LogP contribution in [0.2, 0.25) is 0 Å². The van der Waals surface area contributed by atoms with E-state index in [1.807, 2.05) is 37.6 Å². The van der Waals surface area contributed by atoms with Crippen LogP contribution in [0, 0.1) is 13.8 Å². The third kappa shape index (κ3) is 2.22. The van der Waals surface area contributed by atoms with Gasteiger partial charge < -0.3 is 5.73 Å². The smallest absolute Gasteiger partial charge is 0.234 e. The molecule has 0 saturated carbocycles. The van der Waals surface area contributed by atoms with Gasteiger partial charge in [-0.15, -0.1) is 10.2 Å². The van der Waals surface area contributed by atoms with Gasteiger partial charge in [-0.25, -0.2) is 9.97 Å². The molecule has 0 aromatic carbocycles. The highest BCUT2D eigenvalue weighted by atomic mass is 32.2. The van der Waals surface area contributed by atoms with Crippen molar-refractivity contribution in [3.05, 3.63) is 29.3 Å². The molecule has 3 aromatic heterocycles. The first-order valence-electron chi connectivity index (χ1n) is 6.14. The van der Waals surface area contributed by atoms with E-state index in [1.165, 1.54) is 0 Å². The van der Waals surface area contributed by atoms with Crippen molar-refractivity contribution in [2.45, 2.75) is 24.8 Å². The van der Waals surface area contributed by atoms with E-state index in [0.29, 0.717) is 11.7 Å². The van der Waals surface area contributed by atoms with Gasteiger partial charge in [0.25, 0.3) is 0 Å². The van der Waals surface area contributed by atoms with E-state index in [2.05, 4.69) is 20.2 Å². The van der Waals surface area contributed by atoms with Crippen molar-refractivity contribution in [3.63, 3.8) is 0 Å². The zero-order valence-electron chi connectivity index (χ0n) is 11.5. The van der Waals surface area contributed by atoms with E-state index in [0.717, 1.165) is 28.0 Å². The molecule has 7 nitrogen and oxygen atoms in total. The largest absolute Gasteiger partial charge is 0.368 e. The van der Waals surface area contributed by atoms with Gasteiger partial charge in [0.15, 0.2) is 5.16 Å². The molecule has 0 spiro atoms. The van der Waals surface area contributed by atoms with E-state index in [1.54, 1.807) is 16.3 Å². The quantitative estimate of drug-likeness (QED) is 0.732. The number of thioether (sulfide) groups is 1. The van der Waals surface area contributed by atoms with Crippen LogP contribution in [0.5, 0.6) is 0 Å². The van der Waals surface area contributed by atoms with Crippen LogP contribution in [0.3, 0.4) is 0 Å². The molecule has 0 saturated heterocycles. The maximum absolute atomic E-state index is 5.65. The molecular formula is C12H15N7S. The molecule has 20 heavy (non-hydrogen) atoms. The maximum Gasteiger partial charge on any atom is 0.234 e. The van der Waals surface area contributed by atoms with Crippen LogP contribution in [-0.2, 0) is 12.8 Å². The molecule has 3 rings (SSSR count). The number of nitrogen functional groups attached to an aromatic ring is 1. The summed E-state index contributed by atoms with van der Waals surface area (Å²) < 4.78 is 3.75. The molecule has 8 heteroatoms. The van der Waals surface area contributed by atoms with Gasteiger partial charge in [-0.1, -0.05) is 11.8 Å².